The number of benzene rings is 1. The van der Waals surface area contributed by atoms with E-state index in [0.29, 0.717) is 18.6 Å². The first-order chi connectivity index (χ1) is 13.2. The van der Waals surface area contributed by atoms with Gasteiger partial charge in [-0.05, 0) is 37.8 Å². The Morgan fingerprint density at radius 3 is 2.78 bits per heavy atom. The predicted octanol–water partition coefficient (Wildman–Crippen LogP) is 2.73. The number of rotatable bonds is 10. The molecule has 1 aliphatic rings. The summed E-state index contributed by atoms with van der Waals surface area (Å²) in [6, 6.07) is 6.46. The minimum atomic E-state index is -0.344. The van der Waals surface area contributed by atoms with Crippen molar-refractivity contribution in [1.82, 2.24) is 10.6 Å². The lowest BCUT2D eigenvalue weighted by molar-refractivity contribution is -0.0320. The van der Waals surface area contributed by atoms with Crippen LogP contribution in [0.25, 0.3) is 0 Å². The number of halogens is 1. The Kier molecular flexibility index (Phi) is 9.94. The van der Waals surface area contributed by atoms with E-state index >= 15 is 0 Å². The topological polar surface area (TPSA) is 64.1 Å². The molecule has 2 N–H and O–H groups in total. The number of para-hydroxylation sites is 1. The normalized spacial score (nSPS) is 16.8. The average molecular weight is 381 g/mol. The Bertz CT molecular complexity index is 565. The molecule has 0 spiro atoms. The van der Waals surface area contributed by atoms with Gasteiger partial charge in [0.05, 0.1) is 12.6 Å². The number of nitrogens with one attached hydrogen (secondary N) is 2. The van der Waals surface area contributed by atoms with Gasteiger partial charge in [-0.1, -0.05) is 19.1 Å². The van der Waals surface area contributed by atoms with Gasteiger partial charge in [0, 0.05) is 33.4 Å². The summed E-state index contributed by atoms with van der Waals surface area (Å²) in [6.07, 6.45) is 3.82. The number of guanidine groups is 1. The van der Waals surface area contributed by atoms with Crippen molar-refractivity contribution >= 4 is 5.96 Å². The van der Waals surface area contributed by atoms with E-state index in [4.69, 9.17) is 14.2 Å². The summed E-state index contributed by atoms with van der Waals surface area (Å²) in [6.45, 7) is 5.65. The van der Waals surface area contributed by atoms with E-state index in [1.54, 1.807) is 25.2 Å². The first-order valence-corrected chi connectivity index (χ1v) is 9.78. The molecule has 0 aliphatic carbocycles. The number of ether oxygens (including phenoxy) is 3. The molecule has 7 heteroatoms. The summed E-state index contributed by atoms with van der Waals surface area (Å²) in [5, 5.41) is 6.50. The van der Waals surface area contributed by atoms with Crippen LogP contribution in [0.3, 0.4) is 0 Å². The van der Waals surface area contributed by atoms with Crippen molar-refractivity contribution in [1.29, 1.82) is 0 Å². The number of nitrogens with zero attached hydrogens (tertiary/aromatic N) is 1. The van der Waals surface area contributed by atoms with Crippen LogP contribution in [-0.2, 0) is 9.47 Å². The van der Waals surface area contributed by atoms with E-state index in [1.165, 1.54) is 6.07 Å². The van der Waals surface area contributed by atoms with Crippen molar-refractivity contribution in [3.8, 4) is 5.75 Å². The molecule has 152 valence electrons. The summed E-state index contributed by atoms with van der Waals surface area (Å²) in [4.78, 5) is 4.21. The zero-order chi connectivity index (χ0) is 19.3. The quantitative estimate of drug-likeness (QED) is 0.371. The van der Waals surface area contributed by atoms with E-state index in [9.17, 15) is 4.39 Å². The van der Waals surface area contributed by atoms with Crippen LogP contribution in [0.15, 0.2) is 29.3 Å². The van der Waals surface area contributed by atoms with Crippen molar-refractivity contribution in [3.05, 3.63) is 30.1 Å². The summed E-state index contributed by atoms with van der Waals surface area (Å²) in [7, 11) is 1.73. The standard InChI is InChI=1S/C20H32FN3O3/c1-3-16(27-19-8-5-4-7-18(19)21)15-24-20(22-2)23-11-6-12-26-17-9-13-25-14-10-17/h4-5,7-8,16-17H,3,6,9-15H2,1-2H3,(H2,22,23,24). The summed E-state index contributed by atoms with van der Waals surface area (Å²) in [5.41, 5.74) is 0. The number of hydrogen-bond acceptors (Lipinski definition) is 4. The second-order valence-electron chi connectivity index (χ2n) is 6.49. The Morgan fingerprint density at radius 2 is 2.07 bits per heavy atom. The largest absolute Gasteiger partial charge is 0.486 e. The molecule has 0 bridgehead atoms. The van der Waals surface area contributed by atoms with Crippen molar-refractivity contribution in [3.63, 3.8) is 0 Å². The minimum Gasteiger partial charge on any atom is -0.486 e. The van der Waals surface area contributed by atoms with Crippen LogP contribution in [0.4, 0.5) is 4.39 Å². The molecule has 6 nitrogen and oxygen atoms in total. The molecule has 1 aromatic carbocycles. The number of hydrogen-bond donors (Lipinski definition) is 2. The molecule has 1 saturated heterocycles. The van der Waals surface area contributed by atoms with Gasteiger partial charge in [0.2, 0.25) is 0 Å². The maximum Gasteiger partial charge on any atom is 0.191 e. The maximum absolute atomic E-state index is 13.7. The molecule has 1 aliphatic heterocycles. The first-order valence-electron chi connectivity index (χ1n) is 9.78. The molecule has 0 amide bonds. The van der Waals surface area contributed by atoms with Crippen LogP contribution >= 0.6 is 0 Å². The van der Waals surface area contributed by atoms with Crippen LogP contribution in [0.5, 0.6) is 5.75 Å². The third-order valence-corrected chi connectivity index (χ3v) is 4.44. The highest BCUT2D eigenvalue weighted by atomic mass is 19.1. The molecular weight excluding hydrogens is 349 g/mol. The molecule has 1 aromatic rings. The molecular formula is C20H32FN3O3. The first kappa shape index (κ1) is 21.4. The second kappa shape index (κ2) is 12.5. The third kappa shape index (κ3) is 8.13. The predicted molar refractivity (Wildman–Crippen MR) is 105 cm³/mol. The Labute approximate surface area is 161 Å². The highest BCUT2D eigenvalue weighted by Gasteiger charge is 2.14. The lowest BCUT2D eigenvalue weighted by Gasteiger charge is -2.22. The minimum absolute atomic E-state index is 0.141. The highest BCUT2D eigenvalue weighted by molar-refractivity contribution is 5.79. The van der Waals surface area contributed by atoms with Crippen LogP contribution in [-0.4, -0.2) is 58.1 Å². The monoisotopic (exact) mass is 381 g/mol. The smallest absolute Gasteiger partial charge is 0.191 e. The molecule has 0 radical (unpaired) electrons. The van der Waals surface area contributed by atoms with Crippen LogP contribution in [0.1, 0.15) is 32.6 Å². The second-order valence-corrected chi connectivity index (χ2v) is 6.49. The van der Waals surface area contributed by atoms with Gasteiger partial charge in [-0.25, -0.2) is 4.39 Å². The molecule has 1 heterocycles. The SMILES string of the molecule is CCC(CNC(=NC)NCCCOC1CCOCC1)Oc1ccccc1F. The maximum atomic E-state index is 13.7. The lowest BCUT2D eigenvalue weighted by atomic mass is 10.1. The molecule has 1 unspecified atom stereocenters. The van der Waals surface area contributed by atoms with Crippen LogP contribution in [0.2, 0.25) is 0 Å². The zero-order valence-electron chi connectivity index (χ0n) is 16.4. The van der Waals surface area contributed by atoms with E-state index in [0.717, 1.165) is 52.0 Å². The van der Waals surface area contributed by atoms with Crippen LogP contribution < -0.4 is 15.4 Å². The molecule has 0 aromatic heterocycles. The lowest BCUT2D eigenvalue weighted by Crippen LogP contribution is -2.43. The van der Waals surface area contributed by atoms with Gasteiger partial charge in [0.25, 0.3) is 0 Å². The van der Waals surface area contributed by atoms with E-state index in [-0.39, 0.29) is 17.7 Å². The van der Waals surface area contributed by atoms with Crippen molar-refractivity contribution in [2.45, 2.75) is 44.8 Å². The Balaban J connectivity index is 1.62. The van der Waals surface area contributed by atoms with E-state index in [2.05, 4.69) is 15.6 Å². The molecule has 2 rings (SSSR count). The third-order valence-electron chi connectivity index (χ3n) is 4.44. The van der Waals surface area contributed by atoms with Gasteiger partial charge in [0.1, 0.15) is 6.10 Å². The molecule has 1 atom stereocenters. The Morgan fingerprint density at radius 1 is 1.30 bits per heavy atom. The fourth-order valence-electron chi connectivity index (χ4n) is 2.79. The average Bonchev–Trinajstić information content (AvgIpc) is 2.71. The summed E-state index contributed by atoms with van der Waals surface area (Å²) >= 11 is 0. The zero-order valence-corrected chi connectivity index (χ0v) is 16.4. The molecule has 27 heavy (non-hydrogen) atoms. The van der Waals surface area contributed by atoms with Gasteiger partial charge in [-0.3, -0.25) is 4.99 Å². The number of aliphatic imine (C=N–C) groups is 1. The Hall–Kier alpha value is -1.86. The summed E-state index contributed by atoms with van der Waals surface area (Å²) < 4.78 is 30.7. The van der Waals surface area contributed by atoms with Gasteiger partial charge in [0.15, 0.2) is 17.5 Å². The van der Waals surface area contributed by atoms with E-state index in [1.807, 2.05) is 6.92 Å². The van der Waals surface area contributed by atoms with Gasteiger partial charge < -0.3 is 24.8 Å². The van der Waals surface area contributed by atoms with Crippen LogP contribution in [0, 0.1) is 5.82 Å². The van der Waals surface area contributed by atoms with Crippen molar-refractivity contribution < 1.29 is 18.6 Å². The molecule has 1 fully saturated rings. The van der Waals surface area contributed by atoms with Crippen molar-refractivity contribution in [2.75, 3.05) is 40.0 Å². The fraction of sp³-hybridized carbons (Fsp3) is 0.650. The van der Waals surface area contributed by atoms with Gasteiger partial charge in [-0.2, -0.15) is 0 Å². The fourth-order valence-corrected chi connectivity index (χ4v) is 2.79. The van der Waals surface area contributed by atoms with E-state index < -0.39 is 0 Å². The molecule has 0 saturated carbocycles. The van der Waals surface area contributed by atoms with Gasteiger partial charge in [-0.15, -0.1) is 0 Å². The van der Waals surface area contributed by atoms with Crippen molar-refractivity contribution in [2.24, 2.45) is 4.99 Å². The highest BCUT2D eigenvalue weighted by Crippen LogP contribution is 2.17. The van der Waals surface area contributed by atoms with Gasteiger partial charge >= 0.3 is 0 Å². The summed E-state index contributed by atoms with van der Waals surface area (Å²) in [5.74, 6) is 0.638.